The van der Waals surface area contributed by atoms with E-state index in [-0.39, 0.29) is 6.61 Å². The van der Waals surface area contributed by atoms with E-state index in [4.69, 9.17) is 9.47 Å². The number of amides is 1. The SMILES string of the molecule is COc1ccc(Br)c(C(=O)OCC(=O)Nc2ccccc2)c1. The van der Waals surface area contributed by atoms with Crippen LogP contribution in [0.1, 0.15) is 10.4 Å². The Hall–Kier alpha value is -2.34. The minimum Gasteiger partial charge on any atom is -0.497 e. The third-order valence-electron chi connectivity index (χ3n) is 2.79. The zero-order chi connectivity index (χ0) is 15.9. The van der Waals surface area contributed by atoms with Gasteiger partial charge in [0.05, 0.1) is 12.7 Å². The Kier molecular flexibility index (Phi) is 5.55. The first-order valence-corrected chi connectivity index (χ1v) is 7.25. The summed E-state index contributed by atoms with van der Waals surface area (Å²) in [4.78, 5) is 23.7. The first-order chi connectivity index (χ1) is 10.6. The molecule has 0 aliphatic carbocycles. The van der Waals surface area contributed by atoms with Crippen LogP contribution in [0.4, 0.5) is 5.69 Å². The van der Waals surface area contributed by atoms with Crippen molar-refractivity contribution in [2.75, 3.05) is 19.0 Å². The molecule has 2 aromatic carbocycles. The molecule has 0 unspecified atom stereocenters. The highest BCUT2D eigenvalue weighted by Crippen LogP contribution is 2.23. The molecule has 0 aliphatic heterocycles. The quantitative estimate of drug-likeness (QED) is 0.828. The summed E-state index contributed by atoms with van der Waals surface area (Å²) >= 11 is 3.26. The van der Waals surface area contributed by atoms with E-state index in [0.29, 0.717) is 21.5 Å². The number of anilines is 1. The molecule has 0 atom stereocenters. The fourth-order valence-electron chi connectivity index (χ4n) is 1.72. The van der Waals surface area contributed by atoms with E-state index >= 15 is 0 Å². The van der Waals surface area contributed by atoms with Gasteiger partial charge < -0.3 is 14.8 Å². The number of carbonyl (C=O) groups excluding carboxylic acids is 2. The number of hydrogen-bond donors (Lipinski definition) is 1. The van der Waals surface area contributed by atoms with Crippen LogP contribution >= 0.6 is 15.9 Å². The summed E-state index contributed by atoms with van der Waals surface area (Å²) in [6, 6.07) is 13.9. The van der Waals surface area contributed by atoms with Crippen molar-refractivity contribution in [1.82, 2.24) is 0 Å². The summed E-state index contributed by atoms with van der Waals surface area (Å²) in [6.45, 7) is -0.364. The molecule has 0 saturated heterocycles. The van der Waals surface area contributed by atoms with Crippen LogP contribution in [0.25, 0.3) is 0 Å². The minimum absolute atomic E-state index is 0.298. The summed E-state index contributed by atoms with van der Waals surface area (Å²) in [6.07, 6.45) is 0. The van der Waals surface area contributed by atoms with Gasteiger partial charge in [-0.2, -0.15) is 0 Å². The molecule has 0 aliphatic rings. The van der Waals surface area contributed by atoms with Crippen LogP contribution in [0.15, 0.2) is 53.0 Å². The lowest BCUT2D eigenvalue weighted by atomic mass is 10.2. The Labute approximate surface area is 136 Å². The lowest BCUT2D eigenvalue weighted by Crippen LogP contribution is -2.21. The van der Waals surface area contributed by atoms with E-state index in [1.807, 2.05) is 6.07 Å². The molecule has 0 saturated carbocycles. The van der Waals surface area contributed by atoms with Gasteiger partial charge in [-0.05, 0) is 46.3 Å². The molecule has 0 aromatic heterocycles. The maximum Gasteiger partial charge on any atom is 0.339 e. The third-order valence-corrected chi connectivity index (χ3v) is 3.48. The highest BCUT2D eigenvalue weighted by molar-refractivity contribution is 9.10. The molecule has 0 spiro atoms. The van der Waals surface area contributed by atoms with E-state index < -0.39 is 11.9 Å². The molecular weight excluding hydrogens is 350 g/mol. The van der Waals surface area contributed by atoms with E-state index in [1.54, 1.807) is 42.5 Å². The van der Waals surface area contributed by atoms with Crippen molar-refractivity contribution in [3.63, 3.8) is 0 Å². The molecule has 22 heavy (non-hydrogen) atoms. The maximum absolute atomic E-state index is 12.0. The fourth-order valence-corrected chi connectivity index (χ4v) is 2.12. The van der Waals surface area contributed by atoms with Crippen LogP contribution in [0, 0.1) is 0 Å². The van der Waals surface area contributed by atoms with Crippen molar-refractivity contribution in [3.05, 3.63) is 58.6 Å². The summed E-state index contributed by atoms with van der Waals surface area (Å²) in [5.41, 5.74) is 0.943. The number of benzene rings is 2. The second-order valence-electron chi connectivity index (χ2n) is 4.34. The van der Waals surface area contributed by atoms with E-state index in [9.17, 15) is 9.59 Å². The second-order valence-corrected chi connectivity index (χ2v) is 5.19. The average molecular weight is 364 g/mol. The summed E-state index contributed by atoms with van der Waals surface area (Å²) in [5.74, 6) is -0.476. The summed E-state index contributed by atoms with van der Waals surface area (Å²) in [5, 5.41) is 2.63. The lowest BCUT2D eigenvalue weighted by Gasteiger charge is -2.08. The highest BCUT2D eigenvalue weighted by Gasteiger charge is 2.14. The van der Waals surface area contributed by atoms with E-state index in [1.165, 1.54) is 7.11 Å². The van der Waals surface area contributed by atoms with Crippen molar-refractivity contribution >= 4 is 33.5 Å². The van der Waals surface area contributed by atoms with Crippen molar-refractivity contribution in [2.45, 2.75) is 0 Å². The number of carbonyl (C=O) groups is 2. The molecule has 1 N–H and O–H groups in total. The first kappa shape index (κ1) is 16.0. The Balaban J connectivity index is 1.94. The zero-order valence-electron chi connectivity index (χ0n) is 11.8. The molecule has 1 amide bonds. The van der Waals surface area contributed by atoms with Gasteiger partial charge >= 0.3 is 5.97 Å². The van der Waals surface area contributed by atoms with Crippen molar-refractivity contribution < 1.29 is 19.1 Å². The van der Waals surface area contributed by atoms with Crippen molar-refractivity contribution in [2.24, 2.45) is 0 Å². The Bertz CT molecular complexity index is 673. The Morgan fingerprint density at radius 2 is 1.86 bits per heavy atom. The van der Waals surface area contributed by atoms with Crippen LogP contribution in [-0.4, -0.2) is 25.6 Å². The fraction of sp³-hybridized carbons (Fsp3) is 0.125. The minimum atomic E-state index is -0.603. The summed E-state index contributed by atoms with van der Waals surface area (Å²) in [7, 11) is 1.51. The molecular formula is C16H14BrNO4. The van der Waals surface area contributed by atoms with Crippen LogP contribution in [0.2, 0.25) is 0 Å². The molecule has 0 radical (unpaired) electrons. The van der Waals surface area contributed by atoms with Gasteiger partial charge in [0.25, 0.3) is 5.91 Å². The third kappa shape index (κ3) is 4.33. The molecule has 114 valence electrons. The highest BCUT2D eigenvalue weighted by atomic mass is 79.9. The van der Waals surface area contributed by atoms with Gasteiger partial charge in [-0.1, -0.05) is 18.2 Å². The average Bonchev–Trinajstić information content (AvgIpc) is 2.54. The number of ether oxygens (including phenoxy) is 2. The Morgan fingerprint density at radius 1 is 1.14 bits per heavy atom. The van der Waals surface area contributed by atoms with Crippen LogP contribution < -0.4 is 10.1 Å². The van der Waals surface area contributed by atoms with Gasteiger partial charge in [0, 0.05) is 10.2 Å². The second kappa shape index (κ2) is 7.61. The van der Waals surface area contributed by atoms with Crippen molar-refractivity contribution in [3.8, 4) is 5.75 Å². The number of halogens is 1. The lowest BCUT2D eigenvalue weighted by molar-refractivity contribution is -0.119. The Morgan fingerprint density at radius 3 is 2.55 bits per heavy atom. The molecule has 6 heteroatoms. The van der Waals surface area contributed by atoms with Gasteiger partial charge in [-0.25, -0.2) is 4.79 Å². The molecule has 0 bridgehead atoms. The van der Waals surface area contributed by atoms with Gasteiger partial charge in [0.1, 0.15) is 5.75 Å². The van der Waals surface area contributed by atoms with Crippen LogP contribution in [0.3, 0.4) is 0 Å². The van der Waals surface area contributed by atoms with Gasteiger partial charge in [-0.15, -0.1) is 0 Å². The first-order valence-electron chi connectivity index (χ1n) is 6.45. The zero-order valence-corrected chi connectivity index (χ0v) is 13.4. The van der Waals surface area contributed by atoms with E-state index in [2.05, 4.69) is 21.2 Å². The molecule has 0 heterocycles. The number of hydrogen-bond acceptors (Lipinski definition) is 4. The number of para-hydroxylation sites is 1. The van der Waals surface area contributed by atoms with Gasteiger partial charge in [0.15, 0.2) is 6.61 Å². The largest absolute Gasteiger partial charge is 0.497 e. The molecule has 5 nitrogen and oxygen atoms in total. The molecule has 2 aromatic rings. The molecule has 0 fully saturated rings. The molecule has 2 rings (SSSR count). The normalized spacial score (nSPS) is 9.91. The smallest absolute Gasteiger partial charge is 0.339 e. The van der Waals surface area contributed by atoms with Crippen LogP contribution in [-0.2, 0) is 9.53 Å². The maximum atomic E-state index is 12.0. The number of rotatable bonds is 5. The van der Waals surface area contributed by atoms with Gasteiger partial charge in [-0.3, -0.25) is 4.79 Å². The summed E-state index contributed by atoms with van der Waals surface area (Å²) < 4.78 is 10.6. The predicted octanol–water partition coefficient (Wildman–Crippen LogP) is 3.25. The topological polar surface area (TPSA) is 64.6 Å². The van der Waals surface area contributed by atoms with Crippen LogP contribution in [0.5, 0.6) is 5.75 Å². The predicted molar refractivity (Wildman–Crippen MR) is 86.0 cm³/mol. The van der Waals surface area contributed by atoms with E-state index in [0.717, 1.165) is 0 Å². The monoisotopic (exact) mass is 363 g/mol. The number of esters is 1. The number of nitrogens with one attached hydrogen (secondary N) is 1. The number of methoxy groups -OCH3 is 1. The standard InChI is InChI=1S/C16H14BrNO4/c1-21-12-7-8-14(17)13(9-12)16(20)22-10-15(19)18-11-5-3-2-4-6-11/h2-9H,10H2,1H3,(H,18,19). The van der Waals surface area contributed by atoms with Crippen molar-refractivity contribution in [1.29, 1.82) is 0 Å². The van der Waals surface area contributed by atoms with Gasteiger partial charge in [0.2, 0.25) is 0 Å².